The van der Waals surface area contributed by atoms with Crippen molar-refractivity contribution in [2.45, 2.75) is 44.8 Å². The van der Waals surface area contributed by atoms with Gasteiger partial charge in [0.15, 0.2) is 0 Å². The van der Waals surface area contributed by atoms with Crippen molar-refractivity contribution in [1.29, 1.82) is 0 Å². The van der Waals surface area contributed by atoms with Crippen molar-refractivity contribution in [3.8, 4) is 5.75 Å². The molecule has 2 aromatic carbocycles. The van der Waals surface area contributed by atoms with Crippen LogP contribution in [0.25, 0.3) is 10.9 Å². The Morgan fingerprint density at radius 2 is 1.87 bits per heavy atom. The molecule has 2 fully saturated rings. The van der Waals surface area contributed by atoms with E-state index in [4.69, 9.17) is 15.7 Å². The molecule has 3 aromatic rings. The van der Waals surface area contributed by atoms with Gasteiger partial charge in [0.2, 0.25) is 5.91 Å². The van der Waals surface area contributed by atoms with Crippen molar-refractivity contribution in [2.75, 3.05) is 19.6 Å². The van der Waals surface area contributed by atoms with Crippen molar-refractivity contribution >= 4 is 28.6 Å². The number of ether oxygens (including phenoxy) is 1. The SMILES string of the molecule is CC(=O)[N+]1(N2CCC(N)(c3ccc(OCc4ccnc5ccccc45)cc3)C2=O)CCC(CC(=O)NO)CC1. The van der Waals surface area contributed by atoms with E-state index in [1.165, 1.54) is 6.92 Å². The molecule has 10 heteroatoms. The number of quaternary nitrogens is 1. The predicted octanol–water partition coefficient (Wildman–Crippen LogP) is 2.78. The van der Waals surface area contributed by atoms with Crippen LogP contribution in [0.3, 0.4) is 0 Å². The average molecular weight is 533 g/mol. The number of pyridine rings is 1. The zero-order chi connectivity index (χ0) is 27.6. The summed E-state index contributed by atoms with van der Waals surface area (Å²) in [6.07, 6.45) is 3.53. The lowest BCUT2D eigenvalue weighted by Crippen LogP contribution is -2.67. The van der Waals surface area contributed by atoms with E-state index in [1.807, 2.05) is 54.6 Å². The standard InChI is InChI=1S/C29H33N5O5/c1-20(35)34(16-11-21(12-17-34)18-27(36)32-38)33-15-13-29(30,28(33)37)23-6-8-24(9-7-23)39-19-22-10-14-31-26-5-3-2-4-25(22)26/h2-10,14,21H,11-13,15-19,30H2,1H3,(H-,32,36,38)/p+1. The third-order valence-corrected chi connectivity index (χ3v) is 8.30. The summed E-state index contributed by atoms with van der Waals surface area (Å²) in [5.74, 6) is -0.138. The van der Waals surface area contributed by atoms with Crippen LogP contribution in [0, 0.1) is 5.92 Å². The van der Waals surface area contributed by atoms with Crippen molar-refractivity contribution < 1.29 is 28.9 Å². The molecule has 2 aliphatic rings. The Bertz CT molecular complexity index is 1380. The highest BCUT2D eigenvalue weighted by Gasteiger charge is 2.56. The number of hydrogen-bond acceptors (Lipinski definition) is 7. The first-order chi connectivity index (χ1) is 18.8. The van der Waals surface area contributed by atoms with Crippen molar-refractivity contribution in [3.05, 3.63) is 71.9 Å². The molecular formula is C29H34N5O5+. The number of nitrogens with zero attached hydrogens (tertiary/aromatic N) is 3. The third-order valence-electron chi connectivity index (χ3n) is 8.30. The molecule has 0 radical (unpaired) electrons. The number of hydrogen-bond donors (Lipinski definition) is 3. The number of aromatic nitrogens is 1. The summed E-state index contributed by atoms with van der Waals surface area (Å²) in [6.45, 7) is 3.07. The number of hydroxylamine groups is 1. The number of para-hydroxylation sites is 1. The number of rotatable bonds is 7. The summed E-state index contributed by atoms with van der Waals surface area (Å²) in [5.41, 5.74) is 9.77. The van der Waals surface area contributed by atoms with Gasteiger partial charge in [-0.1, -0.05) is 30.3 Å². The Labute approximate surface area is 226 Å². The lowest BCUT2D eigenvalue weighted by molar-refractivity contribution is -0.959. The molecule has 0 bridgehead atoms. The summed E-state index contributed by atoms with van der Waals surface area (Å²) in [4.78, 5) is 42.6. The summed E-state index contributed by atoms with van der Waals surface area (Å²) in [5, 5.41) is 11.5. The number of benzene rings is 2. The lowest BCUT2D eigenvalue weighted by Gasteiger charge is -2.45. The van der Waals surface area contributed by atoms with Gasteiger partial charge in [-0.05, 0) is 35.7 Å². The van der Waals surface area contributed by atoms with Crippen LogP contribution in [0.5, 0.6) is 5.75 Å². The van der Waals surface area contributed by atoms with Crippen LogP contribution >= 0.6 is 0 Å². The van der Waals surface area contributed by atoms with Crippen LogP contribution in [0.15, 0.2) is 60.8 Å². The first-order valence-electron chi connectivity index (χ1n) is 13.3. The van der Waals surface area contributed by atoms with Crippen molar-refractivity contribution in [3.63, 3.8) is 0 Å². The molecule has 1 aromatic heterocycles. The quantitative estimate of drug-likeness (QED) is 0.242. The fourth-order valence-corrected chi connectivity index (χ4v) is 5.93. The summed E-state index contributed by atoms with van der Waals surface area (Å²) >= 11 is 0. The Kier molecular flexibility index (Phi) is 7.35. The van der Waals surface area contributed by atoms with Gasteiger partial charge in [-0.3, -0.25) is 19.8 Å². The molecule has 3 amide bonds. The molecule has 2 aliphatic heterocycles. The first kappa shape index (κ1) is 26.7. The minimum absolute atomic E-state index is 0.0424. The van der Waals surface area contributed by atoms with Gasteiger partial charge in [-0.25, -0.2) is 10.3 Å². The number of nitrogens with two attached hydrogens (primary N) is 1. The summed E-state index contributed by atoms with van der Waals surface area (Å²) < 4.78 is 5.94. The van der Waals surface area contributed by atoms with Crippen molar-refractivity contribution in [1.82, 2.24) is 15.5 Å². The summed E-state index contributed by atoms with van der Waals surface area (Å²) in [6, 6.07) is 17.1. The minimum Gasteiger partial charge on any atom is -0.489 e. The Morgan fingerprint density at radius 3 is 2.56 bits per heavy atom. The normalized spacial score (nSPS) is 25.1. The molecule has 5 rings (SSSR count). The predicted molar refractivity (Wildman–Crippen MR) is 143 cm³/mol. The highest BCUT2D eigenvalue weighted by Crippen LogP contribution is 2.38. The van der Waals surface area contributed by atoms with E-state index < -0.39 is 11.4 Å². The molecule has 0 spiro atoms. The summed E-state index contributed by atoms with van der Waals surface area (Å²) in [7, 11) is 0. The molecular weight excluding hydrogens is 498 g/mol. The van der Waals surface area contributed by atoms with E-state index >= 15 is 0 Å². The van der Waals surface area contributed by atoms with Crippen LogP contribution in [0.2, 0.25) is 0 Å². The Morgan fingerprint density at radius 1 is 1.15 bits per heavy atom. The first-order valence-corrected chi connectivity index (χ1v) is 13.3. The number of piperidine rings is 1. The van der Waals surface area contributed by atoms with Gasteiger partial charge in [0, 0.05) is 42.8 Å². The van der Waals surface area contributed by atoms with Crippen molar-refractivity contribution in [2.24, 2.45) is 11.7 Å². The maximum atomic E-state index is 13.8. The number of amides is 3. The maximum Gasteiger partial charge on any atom is 0.335 e. The molecule has 3 heterocycles. The van der Waals surface area contributed by atoms with Crippen LogP contribution in [-0.4, -0.2) is 57.1 Å². The fourth-order valence-electron chi connectivity index (χ4n) is 5.93. The Hall–Kier alpha value is -3.86. The number of nitrogens with one attached hydrogen (secondary N) is 1. The number of fused-ring (bicyclic) bond motifs is 1. The van der Waals surface area contributed by atoms with Gasteiger partial charge in [0.1, 0.15) is 31.0 Å². The topological polar surface area (TPSA) is 135 Å². The van der Waals surface area contributed by atoms with E-state index in [0.717, 1.165) is 16.5 Å². The molecule has 0 aliphatic carbocycles. The second-order valence-corrected chi connectivity index (χ2v) is 10.5. The molecule has 204 valence electrons. The van der Waals surface area contributed by atoms with Crippen LogP contribution in [-0.2, 0) is 26.5 Å². The zero-order valence-electron chi connectivity index (χ0n) is 22.0. The van der Waals surface area contributed by atoms with E-state index in [2.05, 4.69) is 4.98 Å². The number of carbonyl (C=O) groups excluding carboxylic acids is 3. The maximum absolute atomic E-state index is 13.8. The van der Waals surface area contributed by atoms with Gasteiger partial charge in [-0.15, -0.1) is 0 Å². The second kappa shape index (κ2) is 10.7. The highest BCUT2D eigenvalue weighted by atomic mass is 16.5. The molecule has 2 saturated heterocycles. The molecule has 0 saturated carbocycles. The van der Waals surface area contributed by atoms with E-state index in [-0.39, 0.29) is 28.7 Å². The van der Waals surface area contributed by atoms with E-state index in [9.17, 15) is 14.4 Å². The van der Waals surface area contributed by atoms with Crippen LogP contribution in [0.4, 0.5) is 0 Å². The molecule has 39 heavy (non-hydrogen) atoms. The number of likely N-dealkylation sites (tertiary alicyclic amines) is 1. The fraction of sp³-hybridized carbons (Fsp3) is 0.379. The van der Waals surface area contributed by atoms with Gasteiger partial charge in [0.25, 0.3) is 5.91 Å². The van der Waals surface area contributed by atoms with Crippen LogP contribution in [0.1, 0.15) is 43.7 Å². The second-order valence-electron chi connectivity index (χ2n) is 10.5. The monoisotopic (exact) mass is 532 g/mol. The van der Waals surface area contributed by atoms with Crippen LogP contribution < -0.4 is 16.0 Å². The minimum atomic E-state index is -1.24. The lowest BCUT2D eigenvalue weighted by atomic mass is 9.89. The third kappa shape index (κ3) is 4.98. The molecule has 4 N–H and O–H groups in total. The Balaban J connectivity index is 1.28. The smallest absolute Gasteiger partial charge is 0.335 e. The molecule has 1 unspecified atom stereocenters. The molecule has 10 nitrogen and oxygen atoms in total. The van der Waals surface area contributed by atoms with E-state index in [0.29, 0.717) is 56.8 Å². The average Bonchev–Trinajstić information content (AvgIpc) is 3.27. The number of carbonyl (C=O) groups is 3. The zero-order valence-corrected chi connectivity index (χ0v) is 22.0. The molecule has 1 atom stereocenters. The van der Waals surface area contributed by atoms with E-state index in [1.54, 1.807) is 16.7 Å². The largest absolute Gasteiger partial charge is 0.489 e. The van der Waals surface area contributed by atoms with Gasteiger partial charge < -0.3 is 10.5 Å². The highest BCUT2D eigenvalue weighted by molar-refractivity contribution is 5.89. The van der Waals surface area contributed by atoms with Gasteiger partial charge >= 0.3 is 5.91 Å². The van der Waals surface area contributed by atoms with Gasteiger partial charge in [0.05, 0.1) is 19.0 Å². The van der Waals surface area contributed by atoms with Gasteiger partial charge in [-0.2, -0.15) is 9.60 Å².